The molecule has 0 unspecified atom stereocenters. The monoisotopic (exact) mass is 521 g/mol. The number of rotatable bonds is 7. The van der Waals surface area contributed by atoms with Crippen LogP contribution in [-0.2, 0) is 9.59 Å². The lowest BCUT2D eigenvalue weighted by atomic mass is 9.84. The summed E-state index contributed by atoms with van der Waals surface area (Å²) in [5, 5.41) is 6.83. The average molecular weight is 521 g/mol. The zero-order valence-corrected chi connectivity index (χ0v) is 21.0. The fourth-order valence-corrected chi connectivity index (χ4v) is 4.34. The van der Waals surface area contributed by atoms with Crippen molar-refractivity contribution >= 4 is 41.8 Å². The molecule has 168 valence electrons. The number of halogens is 1. The van der Waals surface area contributed by atoms with Crippen LogP contribution in [0.5, 0.6) is 0 Å². The highest BCUT2D eigenvalue weighted by Crippen LogP contribution is 2.38. The Labute approximate surface area is 193 Å². The molecule has 8 heteroatoms. The molecule has 7 nitrogen and oxygen atoms in total. The lowest BCUT2D eigenvalue weighted by molar-refractivity contribution is -0.138. The normalized spacial score (nSPS) is 19.2. The summed E-state index contributed by atoms with van der Waals surface area (Å²) in [4.78, 5) is 32.5. The third-order valence-electron chi connectivity index (χ3n) is 6.17. The molecule has 0 saturated heterocycles. The maximum atomic E-state index is 12.8. The third-order valence-corrected chi connectivity index (χ3v) is 6.17. The largest absolute Gasteiger partial charge is 0.356 e. The van der Waals surface area contributed by atoms with Crippen molar-refractivity contribution in [3.05, 3.63) is 0 Å². The first kappa shape index (κ1) is 26.0. The van der Waals surface area contributed by atoms with Crippen molar-refractivity contribution < 1.29 is 9.59 Å². The van der Waals surface area contributed by atoms with Gasteiger partial charge in [-0.3, -0.25) is 9.59 Å². The summed E-state index contributed by atoms with van der Waals surface area (Å²) in [6, 6.07) is 0. The molecule has 0 heterocycles. The standard InChI is InChI=1S/C21H39N5O2.HI/c1-25(2)18(27)15-23-20(22-14-17-10-6-5-7-11-17)24-16-21(12-8-9-13-21)19(28)26(3)4;/h17H,5-16H2,1-4H3,(H2,22,23,24);1H. The first-order chi connectivity index (χ1) is 13.3. The molecule has 2 aliphatic carbocycles. The van der Waals surface area contributed by atoms with Crippen LogP contribution < -0.4 is 10.6 Å². The van der Waals surface area contributed by atoms with Gasteiger partial charge in [0.25, 0.3) is 0 Å². The molecule has 0 aromatic heterocycles. The molecule has 2 rings (SSSR count). The second-order valence-corrected chi connectivity index (χ2v) is 8.88. The first-order valence-electron chi connectivity index (χ1n) is 10.8. The number of carbonyl (C=O) groups is 2. The Hall–Kier alpha value is -1.06. The van der Waals surface area contributed by atoms with Crippen molar-refractivity contribution in [2.24, 2.45) is 16.3 Å². The number of hydrogen-bond acceptors (Lipinski definition) is 3. The SMILES string of the molecule is CN(C)C(=O)CN=C(NCC1CCCCC1)NCC1(C(=O)N(C)C)CCCC1.I. The summed E-state index contributed by atoms with van der Waals surface area (Å²) in [6.45, 7) is 1.55. The summed E-state index contributed by atoms with van der Waals surface area (Å²) in [5.41, 5.74) is -0.359. The van der Waals surface area contributed by atoms with Crippen molar-refractivity contribution in [3.8, 4) is 0 Å². The van der Waals surface area contributed by atoms with E-state index in [2.05, 4.69) is 15.6 Å². The predicted octanol–water partition coefficient (Wildman–Crippen LogP) is 2.46. The number of carbonyl (C=O) groups excluding carboxylic acids is 2. The molecule has 0 aromatic carbocycles. The van der Waals surface area contributed by atoms with Crippen LogP contribution in [0.1, 0.15) is 57.8 Å². The molecule has 0 aromatic rings. The van der Waals surface area contributed by atoms with Crippen molar-refractivity contribution in [2.45, 2.75) is 57.8 Å². The van der Waals surface area contributed by atoms with Gasteiger partial charge in [0, 0.05) is 41.3 Å². The van der Waals surface area contributed by atoms with Crippen LogP contribution in [0.4, 0.5) is 0 Å². The van der Waals surface area contributed by atoms with Crippen LogP contribution in [0.25, 0.3) is 0 Å². The van der Waals surface area contributed by atoms with E-state index in [1.54, 1.807) is 23.9 Å². The molecular weight excluding hydrogens is 481 g/mol. The molecule has 2 saturated carbocycles. The van der Waals surface area contributed by atoms with E-state index in [0.717, 1.165) is 32.2 Å². The summed E-state index contributed by atoms with van der Waals surface area (Å²) >= 11 is 0. The molecule has 0 aliphatic heterocycles. The van der Waals surface area contributed by atoms with Gasteiger partial charge in [0.1, 0.15) is 6.54 Å². The van der Waals surface area contributed by atoms with Crippen molar-refractivity contribution in [1.82, 2.24) is 20.4 Å². The Balaban J connectivity index is 0.00000420. The van der Waals surface area contributed by atoms with E-state index in [-0.39, 0.29) is 47.8 Å². The molecule has 0 radical (unpaired) electrons. The van der Waals surface area contributed by atoms with E-state index < -0.39 is 0 Å². The van der Waals surface area contributed by atoms with Gasteiger partial charge in [-0.1, -0.05) is 32.1 Å². The third kappa shape index (κ3) is 7.94. The quantitative estimate of drug-likeness (QED) is 0.307. The number of likely N-dealkylation sites (N-methyl/N-ethyl adjacent to an activating group) is 1. The van der Waals surface area contributed by atoms with Gasteiger partial charge in [-0.25, -0.2) is 4.99 Å². The van der Waals surface area contributed by atoms with Gasteiger partial charge in [0.2, 0.25) is 11.8 Å². The zero-order valence-electron chi connectivity index (χ0n) is 18.6. The second kappa shape index (κ2) is 12.6. The molecule has 0 bridgehead atoms. The van der Waals surface area contributed by atoms with Crippen LogP contribution in [-0.4, -0.2) is 75.4 Å². The van der Waals surface area contributed by atoms with Gasteiger partial charge in [0.15, 0.2) is 5.96 Å². The Bertz CT molecular complexity index is 553. The molecule has 2 amide bonds. The van der Waals surface area contributed by atoms with E-state index in [1.165, 1.54) is 32.1 Å². The summed E-state index contributed by atoms with van der Waals surface area (Å²) in [7, 11) is 7.14. The molecule has 0 spiro atoms. The molecule has 2 N–H and O–H groups in total. The molecular formula is C21H40IN5O2. The lowest BCUT2D eigenvalue weighted by Gasteiger charge is -2.32. The van der Waals surface area contributed by atoms with Gasteiger partial charge in [-0.2, -0.15) is 0 Å². The molecule has 2 aliphatic rings. The maximum absolute atomic E-state index is 12.8. The summed E-state index contributed by atoms with van der Waals surface area (Å²) < 4.78 is 0. The topological polar surface area (TPSA) is 77.0 Å². The minimum atomic E-state index is -0.359. The summed E-state index contributed by atoms with van der Waals surface area (Å²) in [6.07, 6.45) is 10.4. The first-order valence-corrected chi connectivity index (χ1v) is 10.8. The van der Waals surface area contributed by atoms with Gasteiger partial charge in [-0.15, -0.1) is 24.0 Å². The maximum Gasteiger partial charge on any atom is 0.243 e. The van der Waals surface area contributed by atoms with E-state index in [0.29, 0.717) is 18.4 Å². The van der Waals surface area contributed by atoms with Crippen LogP contribution in [0.2, 0.25) is 0 Å². The minimum Gasteiger partial charge on any atom is -0.356 e. The minimum absolute atomic E-state index is 0. The number of guanidine groups is 1. The Kier molecular flexibility index (Phi) is 11.3. The highest BCUT2D eigenvalue weighted by atomic mass is 127. The lowest BCUT2D eigenvalue weighted by Crippen LogP contribution is -2.50. The predicted molar refractivity (Wildman–Crippen MR) is 129 cm³/mol. The highest BCUT2D eigenvalue weighted by molar-refractivity contribution is 14.0. The van der Waals surface area contributed by atoms with Crippen LogP contribution in [0.3, 0.4) is 0 Å². The average Bonchev–Trinajstić information content (AvgIpc) is 3.17. The second-order valence-electron chi connectivity index (χ2n) is 8.88. The number of nitrogens with zero attached hydrogens (tertiary/aromatic N) is 3. The van der Waals surface area contributed by atoms with Crippen LogP contribution in [0.15, 0.2) is 4.99 Å². The smallest absolute Gasteiger partial charge is 0.243 e. The number of amides is 2. The number of aliphatic imine (C=N–C) groups is 1. The van der Waals surface area contributed by atoms with E-state index in [9.17, 15) is 9.59 Å². The summed E-state index contributed by atoms with van der Waals surface area (Å²) in [5.74, 6) is 1.47. The Morgan fingerprint density at radius 2 is 1.55 bits per heavy atom. The fraction of sp³-hybridized carbons (Fsp3) is 0.857. The fourth-order valence-electron chi connectivity index (χ4n) is 4.34. The zero-order chi connectivity index (χ0) is 20.6. The molecule has 29 heavy (non-hydrogen) atoms. The Morgan fingerprint density at radius 3 is 2.10 bits per heavy atom. The van der Waals surface area contributed by atoms with Crippen LogP contribution in [0, 0.1) is 11.3 Å². The van der Waals surface area contributed by atoms with E-state index in [1.807, 2.05) is 14.1 Å². The van der Waals surface area contributed by atoms with Crippen molar-refractivity contribution in [2.75, 3.05) is 47.8 Å². The molecule has 2 fully saturated rings. The van der Waals surface area contributed by atoms with E-state index in [4.69, 9.17) is 0 Å². The van der Waals surface area contributed by atoms with Gasteiger partial charge in [0.05, 0.1) is 5.41 Å². The van der Waals surface area contributed by atoms with Crippen molar-refractivity contribution in [1.29, 1.82) is 0 Å². The van der Waals surface area contributed by atoms with Crippen molar-refractivity contribution in [3.63, 3.8) is 0 Å². The number of nitrogens with one attached hydrogen (secondary N) is 2. The van der Waals surface area contributed by atoms with Crippen LogP contribution >= 0.6 is 24.0 Å². The number of hydrogen-bond donors (Lipinski definition) is 2. The Morgan fingerprint density at radius 1 is 0.931 bits per heavy atom. The highest BCUT2D eigenvalue weighted by Gasteiger charge is 2.42. The molecule has 0 atom stereocenters. The van der Waals surface area contributed by atoms with Gasteiger partial charge in [-0.05, 0) is 31.6 Å². The van der Waals surface area contributed by atoms with Gasteiger partial charge >= 0.3 is 0 Å². The van der Waals surface area contributed by atoms with E-state index >= 15 is 0 Å². The van der Waals surface area contributed by atoms with Gasteiger partial charge < -0.3 is 20.4 Å².